The van der Waals surface area contributed by atoms with E-state index < -0.39 is 23.5 Å². The number of nitrogens with zero attached hydrogens (tertiary/aromatic N) is 3. The van der Waals surface area contributed by atoms with E-state index in [1.165, 1.54) is 34.1 Å². The van der Waals surface area contributed by atoms with Gasteiger partial charge in [0.2, 0.25) is 10.9 Å². The SMILES string of the molecule is Cc1ccc(C(=O)C2=C(O)C(=O)N(c3nnc(SCc4ccc(Cl)cc4Cl)s3)C2c2ccc(C(C)(C)C)cc2)o1. The van der Waals surface area contributed by atoms with E-state index in [0.717, 1.165) is 11.1 Å². The first-order valence-corrected chi connectivity index (χ1v) is 14.9. The van der Waals surface area contributed by atoms with Crippen LogP contribution >= 0.6 is 46.3 Å². The summed E-state index contributed by atoms with van der Waals surface area (Å²) in [6, 6.07) is 15.2. The molecule has 2 aromatic carbocycles. The highest BCUT2D eigenvalue weighted by molar-refractivity contribution is 8.00. The summed E-state index contributed by atoms with van der Waals surface area (Å²) in [5.41, 5.74) is 2.45. The molecule has 11 heteroatoms. The van der Waals surface area contributed by atoms with Gasteiger partial charge in [0.1, 0.15) is 5.76 Å². The number of carbonyl (C=O) groups is 2. The predicted octanol–water partition coefficient (Wildman–Crippen LogP) is 8.12. The minimum atomic E-state index is -0.920. The second-order valence-corrected chi connectivity index (χ2v) is 13.3. The summed E-state index contributed by atoms with van der Waals surface area (Å²) in [6.45, 7) is 8.03. The molecular formula is C29H25Cl2N3O4S2. The Kier molecular flexibility index (Phi) is 7.85. The zero-order chi connectivity index (χ0) is 28.8. The number of aryl methyl sites for hydroxylation is 1. The van der Waals surface area contributed by atoms with Crippen molar-refractivity contribution in [2.75, 3.05) is 4.90 Å². The molecule has 1 atom stereocenters. The van der Waals surface area contributed by atoms with Gasteiger partial charge in [0.25, 0.3) is 5.91 Å². The summed E-state index contributed by atoms with van der Waals surface area (Å²) in [5, 5.41) is 20.9. The number of rotatable bonds is 7. The molecule has 40 heavy (non-hydrogen) atoms. The monoisotopic (exact) mass is 613 g/mol. The summed E-state index contributed by atoms with van der Waals surface area (Å²) in [6.07, 6.45) is 0. The normalized spacial score (nSPS) is 15.8. The number of halogens is 2. The maximum Gasteiger partial charge on any atom is 0.296 e. The van der Waals surface area contributed by atoms with Crippen molar-refractivity contribution < 1.29 is 19.1 Å². The molecule has 0 spiro atoms. The van der Waals surface area contributed by atoms with Gasteiger partial charge in [0.15, 0.2) is 15.9 Å². The number of anilines is 1. The van der Waals surface area contributed by atoms with E-state index in [1.807, 2.05) is 30.3 Å². The van der Waals surface area contributed by atoms with Crippen molar-refractivity contribution in [1.82, 2.24) is 10.2 Å². The number of carbonyl (C=O) groups excluding carboxylic acids is 2. The van der Waals surface area contributed by atoms with Crippen molar-refractivity contribution in [3.63, 3.8) is 0 Å². The molecule has 1 aliphatic rings. The molecule has 1 aliphatic heterocycles. The van der Waals surface area contributed by atoms with Gasteiger partial charge in [0, 0.05) is 15.8 Å². The van der Waals surface area contributed by atoms with Crippen LogP contribution in [0.4, 0.5) is 5.13 Å². The summed E-state index contributed by atoms with van der Waals surface area (Å²) in [4.78, 5) is 28.4. The highest BCUT2D eigenvalue weighted by Crippen LogP contribution is 2.44. The van der Waals surface area contributed by atoms with Gasteiger partial charge >= 0.3 is 0 Å². The second-order valence-electron chi connectivity index (χ2n) is 10.3. The van der Waals surface area contributed by atoms with Crippen LogP contribution in [0.25, 0.3) is 0 Å². The van der Waals surface area contributed by atoms with Gasteiger partial charge in [0.05, 0.1) is 11.6 Å². The third-order valence-corrected chi connectivity index (χ3v) is 9.17. The maximum atomic E-state index is 13.6. The third-order valence-electron chi connectivity index (χ3n) is 6.48. The van der Waals surface area contributed by atoms with E-state index >= 15 is 0 Å². The molecule has 0 bridgehead atoms. The van der Waals surface area contributed by atoms with Gasteiger partial charge in [-0.15, -0.1) is 10.2 Å². The van der Waals surface area contributed by atoms with Crippen molar-refractivity contribution in [3.8, 4) is 0 Å². The summed E-state index contributed by atoms with van der Waals surface area (Å²) < 4.78 is 6.15. The minimum absolute atomic E-state index is 0.0402. The predicted molar refractivity (Wildman–Crippen MR) is 159 cm³/mol. The fraction of sp³-hybridized carbons (Fsp3) is 0.241. The van der Waals surface area contributed by atoms with Crippen LogP contribution in [-0.2, 0) is 16.0 Å². The number of Topliss-reactive ketones (excluding diaryl/α,β-unsaturated/α-hetero) is 1. The average molecular weight is 615 g/mol. The topological polar surface area (TPSA) is 96.5 Å². The summed E-state index contributed by atoms with van der Waals surface area (Å²) in [5.74, 6) is -0.837. The molecule has 0 radical (unpaired) electrons. The number of hydrogen-bond acceptors (Lipinski definition) is 8. The molecule has 4 aromatic rings. The Morgan fingerprint density at radius 3 is 2.45 bits per heavy atom. The minimum Gasteiger partial charge on any atom is -0.503 e. The molecule has 0 fully saturated rings. The smallest absolute Gasteiger partial charge is 0.296 e. The van der Waals surface area contributed by atoms with E-state index in [1.54, 1.807) is 25.1 Å². The van der Waals surface area contributed by atoms with E-state index in [4.69, 9.17) is 27.6 Å². The number of furan rings is 1. The van der Waals surface area contributed by atoms with Gasteiger partial charge in [-0.2, -0.15) is 0 Å². The van der Waals surface area contributed by atoms with Crippen molar-refractivity contribution >= 4 is 63.1 Å². The van der Waals surface area contributed by atoms with Crippen LogP contribution in [0.5, 0.6) is 0 Å². The Hall–Kier alpha value is -3.11. The lowest BCUT2D eigenvalue weighted by atomic mass is 9.85. The first-order chi connectivity index (χ1) is 18.9. The standard InChI is InChI=1S/C29H25Cl2N3O4S2/c1-15-5-12-21(38-15)24(35)22-23(16-6-9-18(10-7-16)29(2,3)4)34(26(37)25(22)36)27-32-33-28(40-27)39-14-17-8-11-19(30)13-20(17)31/h5-13,23,36H,14H2,1-4H3. The fourth-order valence-corrected chi connectivity index (χ4v) is 6.77. The molecule has 2 aromatic heterocycles. The van der Waals surface area contributed by atoms with Crippen LogP contribution in [0.2, 0.25) is 10.0 Å². The number of aliphatic hydroxyl groups is 1. The van der Waals surface area contributed by atoms with Crippen LogP contribution in [0.3, 0.4) is 0 Å². The first kappa shape index (κ1) is 28.4. The first-order valence-electron chi connectivity index (χ1n) is 12.3. The van der Waals surface area contributed by atoms with Gasteiger partial charge < -0.3 is 9.52 Å². The summed E-state index contributed by atoms with van der Waals surface area (Å²) >= 11 is 14.9. The number of thioether (sulfide) groups is 1. The molecule has 5 rings (SSSR count). The molecule has 0 aliphatic carbocycles. The largest absolute Gasteiger partial charge is 0.503 e. The van der Waals surface area contributed by atoms with E-state index in [0.29, 0.717) is 31.5 Å². The molecule has 7 nitrogen and oxygen atoms in total. The van der Waals surface area contributed by atoms with Crippen molar-refractivity contribution in [1.29, 1.82) is 0 Å². The summed E-state index contributed by atoms with van der Waals surface area (Å²) in [7, 11) is 0. The lowest BCUT2D eigenvalue weighted by molar-refractivity contribution is -0.117. The number of benzene rings is 2. The Bertz CT molecular complexity index is 1640. The van der Waals surface area contributed by atoms with Crippen molar-refractivity contribution in [2.45, 2.75) is 49.2 Å². The van der Waals surface area contributed by atoms with Crippen LogP contribution < -0.4 is 4.90 Å². The lowest BCUT2D eigenvalue weighted by Crippen LogP contribution is -2.31. The Morgan fingerprint density at radius 1 is 1.10 bits per heavy atom. The highest BCUT2D eigenvalue weighted by Gasteiger charge is 2.46. The molecule has 3 heterocycles. The van der Waals surface area contributed by atoms with Gasteiger partial charge in [-0.25, -0.2) is 0 Å². The Labute approximate surface area is 249 Å². The van der Waals surface area contributed by atoms with Gasteiger partial charge in [-0.3, -0.25) is 14.5 Å². The van der Waals surface area contributed by atoms with E-state index in [2.05, 4.69) is 31.0 Å². The Morgan fingerprint density at radius 2 is 1.82 bits per heavy atom. The Balaban J connectivity index is 1.50. The van der Waals surface area contributed by atoms with Crippen molar-refractivity contribution in [2.24, 2.45) is 0 Å². The number of aromatic nitrogens is 2. The number of hydrogen-bond donors (Lipinski definition) is 1. The average Bonchev–Trinajstić information content (AvgIpc) is 3.61. The van der Waals surface area contributed by atoms with Crippen LogP contribution in [0.1, 0.15) is 59.8 Å². The van der Waals surface area contributed by atoms with Gasteiger partial charge in [-0.1, -0.05) is 97.4 Å². The molecule has 0 saturated carbocycles. The van der Waals surface area contributed by atoms with Gasteiger partial charge in [-0.05, 0) is 53.3 Å². The zero-order valence-electron chi connectivity index (χ0n) is 22.1. The van der Waals surface area contributed by atoms with E-state index in [9.17, 15) is 14.7 Å². The molecule has 1 N–H and O–H groups in total. The van der Waals surface area contributed by atoms with Crippen LogP contribution in [0, 0.1) is 6.92 Å². The molecule has 1 unspecified atom stereocenters. The quantitative estimate of drug-likeness (QED) is 0.128. The third kappa shape index (κ3) is 5.56. The molecule has 0 saturated heterocycles. The lowest BCUT2D eigenvalue weighted by Gasteiger charge is -2.25. The zero-order valence-corrected chi connectivity index (χ0v) is 25.2. The number of aliphatic hydroxyl groups excluding tert-OH is 1. The number of amides is 1. The van der Waals surface area contributed by atoms with Crippen molar-refractivity contribution in [3.05, 3.63) is 104 Å². The second kappa shape index (κ2) is 11.0. The van der Waals surface area contributed by atoms with E-state index in [-0.39, 0.29) is 21.9 Å². The maximum absolute atomic E-state index is 13.6. The van der Waals surface area contributed by atoms with Crippen LogP contribution in [0.15, 0.2) is 74.7 Å². The molecular weight excluding hydrogens is 589 g/mol. The molecule has 206 valence electrons. The molecule has 1 amide bonds. The highest BCUT2D eigenvalue weighted by atomic mass is 35.5. The number of ketones is 1. The fourth-order valence-electron chi connectivity index (χ4n) is 4.34. The van der Waals surface area contributed by atoms with Crippen LogP contribution in [-0.4, -0.2) is 27.0 Å².